The molecule has 2 aromatic rings. The maximum atomic E-state index is 13.9. The van der Waals surface area contributed by atoms with Gasteiger partial charge >= 0.3 is 0 Å². The van der Waals surface area contributed by atoms with Gasteiger partial charge in [-0.1, -0.05) is 34.1 Å². The third-order valence-corrected chi connectivity index (χ3v) is 3.47. The highest BCUT2D eigenvalue weighted by Crippen LogP contribution is 2.49. The summed E-state index contributed by atoms with van der Waals surface area (Å²) in [7, 11) is 0. The molecule has 1 aromatic carbocycles. The Morgan fingerprint density at radius 1 is 1.27 bits per heavy atom. The third kappa shape index (κ3) is 1.46. The van der Waals surface area contributed by atoms with Crippen molar-refractivity contribution >= 4 is 26.8 Å². The van der Waals surface area contributed by atoms with Crippen molar-refractivity contribution in [3.05, 3.63) is 40.5 Å². The van der Waals surface area contributed by atoms with Gasteiger partial charge in [0.15, 0.2) is 5.67 Å². The summed E-state index contributed by atoms with van der Waals surface area (Å²) >= 11 is 3.46. The molecule has 1 aliphatic carbocycles. The van der Waals surface area contributed by atoms with Gasteiger partial charge < -0.3 is 0 Å². The number of nitrogens with zero attached hydrogens (tertiary/aromatic N) is 1. The smallest absolute Gasteiger partial charge is 0.153 e. The van der Waals surface area contributed by atoms with Gasteiger partial charge in [0.1, 0.15) is 0 Å². The number of halogens is 2. The Kier molecular flexibility index (Phi) is 1.87. The molecule has 3 rings (SSSR count). The van der Waals surface area contributed by atoms with Crippen LogP contribution in [0.2, 0.25) is 0 Å². The molecule has 76 valence electrons. The zero-order valence-corrected chi connectivity index (χ0v) is 9.59. The molecule has 15 heavy (non-hydrogen) atoms. The van der Waals surface area contributed by atoms with Crippen molar-refractivity contribution in [3.63, 3.8) is 0 Å². The number of fused-ring (bicyclic) bond motifs is 1. The molecular formula is C12H9BrFN. The van der Waals surface area contributed by atoms with Crippen molar-refractivity contribution in [1.29, 1.82) is 0 Å². The van der Waals surface area contributed by atoms with E-state index < -0.39 is 5.67 Å². The fourth-order valence-electron chi connectivity index (χ4n) is 1.73. The van der Waals surface area contributed by atoms with Crippen LogP contribution in [-0.2, 0) is 5.67 Å². The summed E-state index contributed by atoms with van der Waals surface area (Å²) in [6.45, 7) is 0. The van der Waals surface area contributed by atoms with E-state index in [1.807, 2.05) is 24.3 Å². The molecule has 1 fully saturated rings. The number of hydrogen-bond acceptors (Lipinski definition) is 1. The van der Waals surface area contributed by atoms with Crippen LogP contribution < -0.4 is 0 Å². The first kappa shape index (κ1) is 9.28. The van der Waals surface area contributed by atoms with Gasteiger partial charge in [0.05, 0.1) is 11.2 Å². The van der Waals surface area contributed by atoms with Gasteiger partial charge in [0, 0.05) is 9.86 Å². The molecule has 0 aliphatic heterocycles. The molecule has 1 saturated carbocycles. The van der Waals surface area contributed by atoms with Gasteiger partial charge in [-0.3, -0.25) is 0 Å². The molecular weight excluding hydrogens is 257 g/mol. The predicted molar refractivity (Wildman–Crippen MR) is 61.5 cm³/mol. The van der Waals surface area contributed by atoms with Gasteiger partial charge in [-0.25, -0.2) is 9.37 Å². The lowest BCUT2D eigenvalue weighted by Gasteiger charge is -2.07. The van der Waals surface area contributed by atoms with Crippen LogP contribution in [0.25, 0.3) is 10.9 Å². The van der Waals surface area contributed by atoms with Crippen LogP contribution in [0.15, 0.2) is 34.8 Å². The molecule has 0 saturated heterocycles. The molecule has 1 aliphatic rings. The fraction of sp³-hybridized carbons (Fsp3) is 0.250. The topological polar surface area (TPSA) is 12.9 Å². The van der Waals surface area contributed by atoms with Crippen molar-refractivity contribution in [2.24, 2.45) is 0 Å². The maximum Gasteiger partial charge on any atom is 0.153 e. The maximum absolute atomic E-state index is 13.9. The van der Waals surface area contributed by atoms with Crippen LogP contribution in [-0.4, -0.2) is 4.98 Å². The van der Waals surface area contributed by atoms with E-state index >= 15 is 0 Å². The molecule has 3 heteroatoms. The molecule has 0 unspecified atom stereocenters. The minimum atomic E-state index is -1.16. The van der Waals surface area contributed by atoms with Crippen LogP contribution in [0.4, 0.5) is 4.39 Å². The van der Waals surface area contributed by atoms with Gasteiger partial charge in [-0.05, 0) is 25.0 Å². The fourth-order valence-corrected chi connectivity index (χ4v) is 2.28. The highest BCUT2D eigenvalue weighted by molar-refractivity contribution is 9.10. The van der Waals surface area contributed by atoms with Gasteiger partial charge in [-0.15, -0.1) is 0 Å². The van der Waals surface area contributed by atoms with E-state index in [2.05, 4.69) is 20.9 Å². The number of aromatic nitrogens is 1. The first-order valence-electron chi connectivity index (χ1n) is 4.94. The lowest BCUT2D eigenvalue weighted by atomic mass is 10.1. The Labute approximate surface area is 95.5 Å². The monoisotopic (exact) mass is 265 g/mol. The molecule has 1 aromatic heterocycles. The molecule has 0 radical (unpaired) electrons. The average Bonchev–Trinajstić information content (AvgIpc) is 2.98. The van der Waals surface area contributed by atoms with E-state index in [1.165, 1.54) is 0 Å². The summed E-state index contributed by atoms with van der Waals surface area (Å²) in [6.07, 6.45) is 1.20. The van der Waals surface area contributed by atoms with E-state index in [0.29, 0.717) is 18.5 Å². The zero-order chi connectivity index (χ0) is 10.5. The molecule has 0 atom stereocenters. The minimum Gasteiger partial charge on any atom is -0.249 e. The molecule has 1 heterocycles. The first-order chi connectivity index (χ1) is 7.19. The highest BCUT2D eigenvalue weighted by Gasteiger charge is 2.46. The van der Waals surface area contributed by atoms with Gasteiger partial charge in [0.25, 0.3) is 0 Å². The normalized spacial score (nSPS) is 18.0. The average molecular weight is 266 g/mol. The molecule has 0 bridgehead atoms. The largest absolute Gasteiger partial charge is 0.249 e. The van der Waals surface area contributed by atoms with Crippen LogP contribution >= 0.6 is 15.9 Å². The number of pyridine rings is 1. The van der Waals surface area contributed by atoms with Crippen LogP contribution in [0.1, 0.15) is 18.5 Å². The minimum absolute atomic E-state index is 0.563. The highest BCUT2D eigenvalue weighted by atomic mass is 79.9. The third-order valence-electron chi connectivity index (χ3n) is 2.81. The number of hydrogen-bond donors (Lipinski definition) is 0. The number of benzene rings is 1. The van der Waals surface area contributed by atoms with Crippen molar-refractivity contribution in [1.82, 2.24) is 4.98 Å². The van der Waals surface area contributed by atoms with E-state index in [9.17, 15) is 4.39 Å². The van der Waals surface area contributed by atoms with Crippen LogP contribution in [0.5, 0.6) is 0 Å². The van der Waals surface area contributed by atoms with Gasteiger partial charge in [0.2, 0.25) is 0 Å². The predicted octanol–water partition coefficient (Wildman–Crippen LogP) is 3.96. The van der Waals surface area contributed by atoms with Crippen LogP contribution in [0.3, 0.4) is 0 Å². The Morgan fingerprint density at radius 3 is 2.73 bits per heavy atom. The first-order valence-corrected chi connectivity index (χ1v) is 5.73. The lowest BCUT2D eigenvalue weighted by Crippen LogP contribution is -2.01. The lowest BCUT2D eigenvalue weighted by molar-refractivity contribution is 0.310. The molecule has 0 spiro atoms. The van der Waals surface area contributed by atoms with E-state index in [-0.39, 0.29) is 0 Å². The number of alkyl halides is 1. The van der Waals surface area contributed by atoms with E-state index in [0.717, 1.165) is 15.4 Å². The second-order valence-electron chi connectivity index (χ2n) is 3.97. The molecule has 0 amide bonds. The molecule has 0 N–H and O–H groups in total. The van der Waals surface area contributed by atoms with Crippen molar-refractivity contribution in [2.75, 3.05) is 0 Å². The quantitative estimate of drug-likeness (QED) is 0.761. The summed E-state index contributed by atoms with van der Waals surface area (Å²) in [6, 6.07) is 9.57. The summed E-state index contributed by atoms with van der Waals surface area (Å²) in [4.78, 5) is 4.36. The molecule has 1 nitrogen and oxygen atoms in total. The van der Waals surface area contributed by atoms with Crippen molar-refractivity contribution < 1.29 is 4.39 Å². The standard InChI is InChI=1S/C12H9BrFN/c13-9-7-11(12(14)5-6-12)15-10-4-2-1-3-8(9)10/h1-4,7H,5-6H2. The summed E-state index contributed by atoms with van der Waals surface area (Å²) in [5.41, 5.74) is 0.255. The van der Waals surface area contributed by atoms with E-state index in [4.69, 9.17) is 0 Å². The second kappa shape index (κ2) is 3.01. The van der Waals surface area contributed by atoms with E-state index in [1.54, 1.807) is 6.07 Å². The second-order valence-corrected chi connectivity index (χ2v) is 4.83. The Morgan fingerprint density at radius 2 is 2.00 bits per heavy atom. The Bertz CT molecular complexity index is 534. The summed E-state index contributed by atoms with van der Waals surface area (Å²) in [5, 5.41) is 1.03. The SMILES string of the molecule is FC1(c2cc(Br)c3ccccc3n2)CC1. The van der Waals surface area contributed by atoms with Gasteiger partial charge in [-0.2, -0.15) is 0 Å². The Balaban J connectivity index is 2.27. The number of para-hydroxylation sites is 1. The summed E-state index contributed by atoms with van der Waals surface area (Å²) < 4.78 is 14.8. The van der Waals surface area contributed by atoms with Crippen molar-refractivity contribution in [3.8, 4) is 0 Å². The Hall–Kier alpha value is -0.960. The zero-order valence-electron chi connectivity index (χ0n) is 8.00. The van der Waals surface area contributed by atoms with Crippen molar-refractivity contribution in [2.45, 2.75) is 18.5 Å². The number of rotatable bonds is 1. The summed E-state index contributed by atoms with van der Waals surface area (Å²) in [5.74, 6) is 0. The van der Waals surface area contributed by atoms with Crippen LogP contribution in [0, 0.1) is 0 Å².